The average molecular weight is 405 g/mol. The highest BCUT2D eigenvalue weighted by atomic mass is 15.2. The van der Waals surface area contributed by atoms with Crippen molar-refractivity contribution in [3.63, 3.8) is 0 Å². The van der Waals surface area contributed by atoms with Gasteiger partial charge in [-0.25, -0.2) is 15.0 Å². The summed E-state index contributed by atoms with van der Waals surface area (Å²) in [6.45, 7) is 0. The molecule has 0 fully saturated rings. The molecule has 0 amide bonds. The molecule has 6 rings (SSSR count). The number of aromatic nitrogens is 8. The standard InChI is InChI=1S/C22H15N9/c23-14-8-13(10-25-11-14)16-3-4-17-19(27-16)20(31-30-17)22-28-18-15(5-7-26-21(18)29-22)12-2-1-6-24-9-12/h1-11H,23H2,(H,30,31)(H,26,28,29). The van der Waals surface area contributed by atoms with Crippen LogP contribution in [0.1, 0.15) is 0 Å². The van der Waals surface area contributed by atoms with E-state index in [9.17, 15) is 0 Å². The van der Waals surface area contributed by atoms with Gasteiger partial charge < -0.3 is 10.7 Å². The van der Waals surface area contributed by atoms with Crippen LogP contribution in [0.3, 0.4) is 0 Å². The molecular weight excluding hydrogens is 390 g/mol. The van der Waals surface area contributed by atoms with Gasteiger partial charge in [-0.3, -0.25) is 15.1 Å². The second-order valence-corrected chi connectivity index (χ2v) is 7.05. The van der Waals surface area contributed by atoms with Gasteiger partial charge in [0.1, 0.15) is 11.0 Å². The molecule has 6 heterocycles. The number of aromatic amines is 2. The van der Waals surface area contributed by atoms with Crippen LogP contribution in [-0.4, -0.2) is 40.1 Å². The fourth-order valence-corrected chi connectivity index (χ4v) is 3.60. The van der Waals surface area contributed by atoms with Gasteiger partial charge in [-0.05, 0) is 30.3 Å². The first-order valence-corrected chi connectivity index (χ1v) is 9.58. The third kappa shape index (κ3) is 2.87. The highest BCUT2D eigenvalue weighted by Gasteiger charge is 2.17. The Balaban J connectivity index is 1.51. The van der Waals surface area contributed by atoms with E-state index in [0.29, 0.717) is 28.4 Å². The van der Waals surface area contributed by atoms with E-state index in [4.69, 9.17) is 15.7 Å². The molecular formula is C22H15N9. The molecule has 0 saturated carbocycles. The van der Waals surface area contributed by atoms with E-state index in [1.807, 2.05) is 36.4 Å². The Bertz CT molecular complexity index is 1550. The summed E-state index contributed by atoms with van der Waals surface area (Å²) in [5.41, 5.74) is 13.5. The van der Waals surface area contributed by atoms with Crippen LogP contribution in [0, 0.1) is 0 Å². The molecule has 0 bridgehead atoms. The van der Waals surface area contributed by atoms with Crippen molar-refractivity contribution in [3.05, 3.63) is 67.4 Å². The van der Waals surface area contributed by atoms with E-state index in [1.165, 1.54) is 0 Å². The molecule has 9 nitrogen and oxygen atoms in total. The smallest absolute Gasteiger partial charge is 0.162 e. The summed E-state index contributed by atoms with van der Waals surface area (Å²) < 4.78 is 0. The first kappa shape index (κ1) is 17.2. The Morgan fingerprint density at radius 3 is 2.65 bits per heavy atom. The number of imidazole rings is 1. The second kappa shape index (κ2) is 6.70. The van der Waals surface area contributed by atoms with Gasteiger partial charge >= 0.3 is 0 Å². The molecule has 4 N–H and O–H groups in total. The largest absolute Gasteiger partial charge is 0.397 e. The Labute approximate surface area is 175 Å². The minimum atomic E-state index is 0.582. The molecule has 0 aromatic carbocycles. The maximum atomic E-state index is 5.88. The van der Waals surface area contributed by atoms with Crippen LogP contribution >= 0.6 is 0 Å². The van der Waals surface area contributed by atoms with Crippen LogP contribution in [0.25, 0.3) is 56.1 Å². The van der Waals surface area contributed by atoms with Gasteiger partial charge in [0, 0.05) is 47.7 Å². The Kier molecular flexibility index (Phi) is 3.72. The zero-order valence-electron chi connectivity index (χ0n) is 16.1. The van der Waals surface area contributed by atoms with Crippen molar-refractivity contribution >= 4 is 27.9 Å². The van der Waals surface area contributed by atoms with Gasteiger partial charge in [-0.15, -0.1) is 0 Å². The van der Waals surface area contributed by atoms with E-state index in [0.717, 1.165) is 33.4 Å². The number of nitrogen functional groups attached to an aromatic ring is 1. The zero-order valence-corrected chi connectivity index (χ0v) is 16.1. The maximum Gasteiger partial charge on any atom is 0.162 e. The number of nitrogens with one attached hydrogen (secondary N) is 2. The molecule has 6 aromatic heterocycles. The lowest BCUT2D eigenvalue weighted by atomic mass is 10.1. The predicted octanol–water partition coefficient (Wildman–Crippen LogP) is 3.60. The van der Waals surface area contributed by atoms with Crippen LogP contribution in [0.2, 0.25) is 0 Å². The summed E-state index contributed by atoms with van der Waals surface area (Å²) >= 11 is 0. The summed E-state index contributed by atoms with van der Waals surface area (Å²) in [4.78, 5) is 25.7. The molecule has 0 aliphatic carbocycles. The SMILES string of the molecule is Nc1cncc(-c2ccc3[nH]nc(-c4nc5c(-c6cccnc6)ccnc5[nH]4)c3n2)c1. The van der Waals surface area contributed by atoms with Crippen molar-refractivity contribution in [2.45, 2.75) is 0 Å². The van der Waals surface area contributed by atoms with E-state index in [2.05, 4.69) is 30.1 Å². The highest BCUT2D eigenvalue weighted by Crippen LogP contribution is 2.30. The molecule has 0 aliphatic rings. The number of hydrogen-bond acceptors (Lipinski definition) is 7. The first-order valence-electron chi connectivity index (χ1n) is 9.58. The quantitative estimate of drug-likeness (QED) is 0.409. The third-order valence-electron chi connectivity index (χ3n) is 5.04. The molecule has 9 heteroatoms. The number of nitrogens with two attached hydrogens (primary N) is 1. The van der Waals surface area contributed by atoms with Crippen molar-refractivity contribution in [2.75, 3.05) is 5.73 Å². The van der Waals surface area contributed by atoms with Crippen molar-refractivity contribution in [1.29, 1.82) is 0 Å². The van der Waals surface area contributed by atoms with Gasteiger partial charge in [0.05, 0.1) is 16.9 Å². The van der Waals surface area contributed by atoms with E-state index >= 15 is 0 Å². The molecule has 0 unspecified atom stereocenters. The Hall–Kier alpha value is -4.66. The van der Waals surface area contributed by atoms with E-state index in [1.54, 1.807) is 31.0 Å². The average Bonchev–Trinajstić information content (AvgIpc) is 3.43. The summed E-state index contributed by atoms with van der Waals surface area (Å²) in [6.07, 6.45) is 8.63. The number of nitrogens with zero attached hydrogens (tertiary/aromatic N) is 6. The van der Waals surface area contributed by atoms with Gasteiger partial charge in [-0.2, -0.15) is 5.10 Å². The Morgan fingerprint density at radius 2 is 1.77 bits per heavy atom. The van der Waals surface area contributed by atoms with Crippen molar-refractivity contribution in [3.8, 4) is 33.9 Å². The maximum absolute atomic E-state index is 5.88. The molecule has 0 aliphatic heterocycles. The van der Waals surface area contributed by atoms with Crippen LogP contribution in [0.15, 0.2) is 67.4 Å². The van der Waals surface area contributed by atoms with Gasteiger partial charge in [0.2, 0.25) is 0 Å². The van der Waals surface area contributed by atoms with Crippen molar-refractivity contribution < 1.29 is 0 Å². The number of hydrogen-bond donors (Lipinski definition) is 3. The van der Waals surface area contributed by atoms with E-state index < -0.39 is 0 Å². The van der Waals surface area contributed by atoms with Gasteiger partial charge in [0.15, 0.2) is 17.2 Å². The second-order valence-electron chi connectivity index (χ2n) is 7.05. The third-order valence-corrected chi connectivity index (χ3v) is 5.04. The van der Waals surface area contributed by atoms with Crippen LogP contribution < -0.4 is 5.73 Å². The zero-order chi connectivity index (χ0) is 20.8. The molecule has 0 saturated heterocycles. The van der Waals surface area contributed by atoms with E-state index in [-0.39, 0.29) is 0 Å². The predicted molar refractivity (Wildman–Crippen MR) is 118 cm³/mol. The van der Waals surface area contributed by atoms with Gasteiger partial charge in [0.25, 0.3) is 0 Å². The fourth-order valence-electron chi connectivity index (χ4n) is 3.60. The van der Waals surface area contributed by atoms with Gasteiger partial charge in [-0.1, -0.05) is 6.07 Å². The normalized spacial score (nSPS) is 11.4. The number of pyridine rings is 4. The number of fused-ring (bicyclic) bond motifs is 2. The highest BCUT2D eigenvalue weighted by molar-refractivity contribution is 5.94. The lowest BCUT2D eigenvalue weighted by Crippen LogP contribution is -1.90. The summed E-state index contributed by atoms with van der Waals surface area (Å²) in [5, 5.41) is 7.48. The van der Waals surface area contributed by atoms with Crippen LogP contribution in [0.4, 0.5) is 5.69 Å². The molecule has 6 aromatic rings. The van der Waals surface area contributed by atoms with Crippen LogP contribution in [0.5, 0.6) is 0 Å². The van der Waals surface area contributed by atoms with Crippen molar-refractivity contribution in [2.24, 2.45) is 0 Å². The lowest BCUT2D eigenvalue weighted by Gasteiger charge is -2.02. The molecule has 0 spiro atoms. The van der Waals surface area contributed by atoms with Crippen molar-refractivity contribution in [1.82, 2.24) is 40.1 Å². The minimum Gasteiger partial charge on any atom is -0.397 e. The minimum absolute atomic E-state index is 0.582. The summed E-state index contributed by atoms with van der Waals surface area (Å²) in [7, 11) is 0. The van der Waals surface area contributed by atoms with Crippen LogP contribution in [-0.2, 0) is 0 Å². The first-order chi connectivity index (χ1) is 15.3. The summed E-state index contributed by atoms with van der Waals surface area (Å²) in [5.74, 6) is 0.584. The topological polar surface area (TPSA) is 135 Å². The molecule has 0 atom stereocenters. The Morgan fingerprint density at radius 1 is 0.839 bits per heavy atom. The summed E-state index contributed by atoms with van der Waals surface area (Å²) in [6, 6.07) is 11.5. The lowest BCUT2D eigenvalue weighted by molar-refractivity contribution is 1.10. The molecule has 148 valence electrons. The molecule has 31 heavy (non-hydrogen) atoms. The number of H-pyrrole nitrogens is 2. The number of anilines is 1. The fraction of sp³-hybridized carbons (Fsp3) is 0. The number of rotatable bonds is 3. The molecule has 0 radical (unpaired) electrons. The monoisotopic (exact) mass is 405 g/mol.